The Morgan fingerprint density at radius 1 is 1.21 bits per heavy atom. The number of para-hydroxylation sites is 2. The van der Waals surface area contributed by atoms with Gasteiger partial charge in [-0.05, 0) is 43.0 Å². The van der Waals surface area contributed by atoms with Crippen LogP contribution >= 0.6 is 11.8 Å². The molecule has 152 valence electrons. The first kappa shape index (κ1) is 20.7. The summed E-state index contributed by atoms with van der Waals surface area (Å²) in [4.78, 5) is 29.2. The smallest absolute Gasteiger partial charge is 0.326 e. The standard InChI is InChI=1S/C21H23N3O4S/c1-14-8-9-18(27-2)16(10-14)23-20(25)12-28-21(26)11-24-17-7-5-4-6-15(17)22-19(24)13-29-3/h4-10H,11-13H2,1-3H3,(H,23,25). The fourth-order valence-electron chi connectivity index (χ4n) is 2.97. The molecule has 0 atom stereocenters. The molecule has 2 aromatic carbocycles. The van der Waals surface area contributed by atoms with Crippen molar-refractivity contribution in [1.82, 2.24) is 9.55 Å². The lowest BCUT2D eigenvalue weighted by Gasteiger charge is -2.12. The Hall–Kier alpha value is -3.00. The largest absolute Gasteiger partial charge is 0.495 e. The predicted molar refractivity (Wildman–Crippen MR) is 114 cm³/mol. The van der Waals surface area contributed by atoms with E-state index in [-0.39, 0.29) is 13.2 Å². The highest BCUT2D eigenvalue weighted by molar-refractivity contribution is 7.97. The Morgan fingerprint density at radius 3 is 2.76 bits per heavy atom. The molecule has 1 N–H and O–H groups in total. The molecule has 1 amide bonds. The third-order valence-electron chi connectivity index (χ3n) is 4.29. The Balaban J connectivity index is 1.63. The summed E-state index contributed by atoms with van der Waals surface area (Å²) in [6.45, 7) is 1.54. The average Bonchev–Trinajstić information content (AvgIpc) is 3.04. The van der Waals surface area contributed by atoms with Gasteiger partial charge in [0.05, 0.1) is 29.6 Å². The number of esters is 1. The Labute approximate surface area is 173 Å². The highest BCUT2D eigenvalue weighted by atomic mass is 32.2. The third-order valence-corrected chi connectivity index (χ3v) is 4.83. The molecule has 0 bridgehead atoms. The zero-order chi connectivity index (χ0) is 20.8. The van der Waals surface area contributed by atoms with Crippen LogP contribution in [0.1, 0.15) is 11.4 Å². The lowest BCUT2D eigenvalue weighted by atomic mass is 10.2. The highest BCUT2D eigenvalue weighted by Gasteiger charge is 2.16. The van der Waals surface area contributed by atoms with Crippen LogP contribution in [-0.2, 0) is 26.6 Å². The molecule has 0 fully saturated rings. The number of anilines is 1. The van der Waals surface area contributed by atoms with Gasteiger partial charge < -0.3 is 19.4 Å². The number of methoxy groups -OCH3 is 1. The van der Waals surface area contributed by atoms with Crippen molar-refractivity contribution in [1.29, 1.82) is 0 Å². The number of hydrogen-bond donors (Lipinski definition) is 1. The lowest BCUT2D eigenvalue weighted by molar-refractivity contribution is -0.147. The SMILES string of the molecule is COc1ccc(C)cc1NC(=O)COC(=O)Cn1c(CSC)nc2ccccc21. The van der Waals surface area contributed by atoms with Crippen molar-refractivity contribution >= 4 is 40.4 Å². The summed E-state index contributed by atoms with van der Waals surface area (Å²) in [5.41, 5.74) is 3.21. The van der Waals surface area contributed by atoms with Crippen molar-refractivity contribution in [3.8, 4) is 5.75 Å². The van der Waals surface area contributed by atoms with E-state index in [1.807, 2.05) is 48.1 Å². The van der Waals surface area contributed by atoms with Crippen LogP contribution in [0.4, 0.5) is 5.69 Å². The van der Waals surface area contributed by atoms with E-state index in [0.717, 1.165) is 22.4 Å². The molecule has 0 aliphatic heterocycles. The Bertz CT molecular complexity index is 1030. The van der Waals surface area contributed by atoms with Gasteiger partial charge in [-0.3, -0.25) is 9.59 Å². The number of imidazole rings is 1. The van der Waals surface area contributed by atoms with Gasteiger partial charge in [0.15, 0.2) is 6.61 Å². The minimum Gasteiger partial charge on any atom is -0.495 e. The van der Waals surface area contributed by atoms with Crippen molar-refractivity contribution in [3.05, 3.63) is 53.9 Å². The predicted octanol–water partition coefficient (Wildman–Crippen LogP) is 3.40. The Morgan fingerprint density at radius 2 is 2.00 bits per heavy atom. The molecule has 0 radical (unpaired) electrons. The van der Waals surface area contributed by atoms with E-state index in [1.165, 1.54) is 7.11 Å². The normalized spacial score (nSPS) is 10.7. The molecular weight excluding hydrogens is 390 g/mol. The van der Waals surface area contributed by atoms with Crippen LogP contribution in [0.15, 0.2) is 42.5 Å². The second-order valence-corrected chi connectivity index (χ2v) is 7.31. The molecule has 29 heavy (non-hydrogen) atoms. The van der Waals surface area contributed by atoms with Crippen LogP contribution in [-0.4, -0.2) is 41.4 Å². The van der Waals surface area contributed by atoms with Crippen molar-refractivity contribution in [2.75, 3.05) is 25.3 Å². The fraction of sp³-hybridized carbons (Fsp3) is 0.286. The number of aromatic nitrogens is 2. The number of hydrogen-bond acceptors (Lipinski definition) is 6. The van der Waals surface area contributed by atoms with Gasteiger partial charge in [0.1, 0.15) is 18.1 Å². The van der Waals surface area contributed by atoms with Crippen LogP contribution in [0.2, 0.25) is 0 Å². The third kappa shape index (κ3) is 5.08. The maximum absolute atomic E-state index is 12.4. The van der Waals surface area contributed by atoms with Gasteiger partial charge in [-0.25, -0.2) is 4.98 Å². The van der Waals surface area contributed by atoms with Gasteiger partial charge in [-0.1, -0.05) is 18.2 Å². The molecule has 0 spiro atoms. The molecule has 8 heteroatoms. The van der Waals surface area contributed by atoms with Gasteiger partial charge in [0.2, 0.25) is 0 Å². The molecule has 3 rings (SSSR count). The van der Waals surface area contributed by atoms with E-state index < -0.39 is 11.9 Å². The van der Waals surface area contributed by atoms with Gasteiger partial charge in [0.25, 0.3) is 5.91 Å². The lowest BCUT2D eigenvalue weighted by Crippen LogP contribution is -2.23. The summed E-state index contributed by atoms with van der Waals surface area (Å²) in [6, 6.07) is 13.1. The number of aryl methyl sites for hydroxylation is 1. The van der Waals surface area contributed by atoms with E-state index in [2.05, 4.69) is 10.3 Å². The van der Waals surface area contributed by atoms with Gasteiger partial charge >= 0.3 is 5.97 Å². The summed E-state index contributed by atoms with van der Waals surface area (Å²) in [7, 11) is 1.53. The van der Waals surface area contributed by atoms with Crippen LogP contribution < -0.4 is 10.1 Å². The van der Waals surface area contributed by atoms with Crippen LogP contribution in [0.5, 0.6) is 5.75 Å². The van der Waals surface area contributed by atoms with E-state index in [1.54, 1.807) is 23.9 Å². The summed E-state index contributed by atoms with van der Waals surface area (Å²) >= 11 is 1.62. The van der Waals surface area contributed by atoms with E-state index >= 15 is 0 Å². The minimum atomic E-state index is -0.498. The number of nitrogens with one attached hydrogen (secondary N) is 1. The second kappa shape index (κ2) is 9.47. The summed E-state index contributed by atoms with van der Waals surface area (Å²) < 4.78 is 12.3. The first-order chi connectivity index (χ1) is 14.0. The van der Waals surface area contributed by atoms with Gasteiger partial charge in [0, 0.05) is 0 Å². The molecule has 1 aromatic heterocycles. The first-order valence-corrected chi connectivity index (χ1v) is 10.4. The number of rotatable bonds is 8. The first-order valence-electron chi connectivity index (χ1n) is 9.05. The molecule has 0 aliphatic rings. The van der Waals surface area contributed by atoms with E-state index in [0.29, 0.717) is 17.2 Å². The zero-order valence-corrected chi connectivity index (χ0v) is 17.4. The minimum absolute atomic E-state index is 0.00253. The maximum atomic E-state index is 12.4. The number of benzene rings is 2. The molecule has 0 unspecified atom stereocenters. The zero-order valence-electron chi connectivity index (χ0n) is 16.6. The molecule has 1 heterocycles. The number of carbonyl (C=O) groups excluding carboxylic acids is 2. The summed E-state index contributed by atoms with van der Waals surface area (Å²) in [5, 5.41) is 2.71. The molecule has 0 saturated carbocycles. The van der Waals surface area contributed by atoms with Crippen molar-refractivity contribution in [3.63, 3.8) is 0 Å². The van der Waals surface area contributed by atoms with Gasteiger partial charge in [-0.15, -0.1) is 0 Å². The van der Waals surface area contributed by atoms with Crippen LogP contribution in [0.3, 0.4) is 0 Å². The number of ether oxygens (including phenoxy) is 2. The summed E-state index contributed by atoms with van der Waals surface area (Å²) in [5.74, 6) is 1.09. The average molecular weight is 413 g/mol. The number of nitrogens with zero attached hydrogens (tertiary/aromatic N) is 2. The molecule has 3 aromatic rings. The number of carbonyl (C=O) groups is 2. The Kier molecular flexibility index (Phi) is 6.77. The van der Waals surface area contributed by atoms with Gasteiger partial charge in [-0.2, -0.15) is 11.8 Å². The maximum Gasteiger partial charge on any atom is 0.326 e. The number of thioether (sulfide) groups is 1. The number of amides is 1. The van der Waals surface area contributed by atoms with E-state index in [4.69, 9.17) is 9.47 Å². The van der Waals surface area contributed by atoms with Crippen LogP contribution in [0, 0.1) is 6.92 Å². The second-order valence-electron chi connectivity index (χ2n) is 6.45. The van der Waals surface area contributed by atoms with E-state index in [9.17, 15) is 9.59 Å². The highest BCUT2D eigenvalue weighted by Crippen LogP contribution is 2.25. The fourth-order valence-corrected chi connectivity index (χ4v) is 3.45. The number of fused-ring (bicyclic) bond motifs is 1. The molecule has 0 saturated heterocycles. The van der Waals surface area contributed by atoms with Crippen molar-refractivity contribution in [2.24, 2.45) is 0 Å². The quantitative estimate of drug-likeness (QED) is 0.570. The van der Waals surface area contributed by atoms with Crippen LogP contribution in [0.25, 0.3) is 11.0 Å². The monoisotopic (exact) mass is 413 g/mol. The summed E-state index contributed by atoms with van der Waals surface area (Å²) in [6.07, 6.45) is 1.98. The van der Waals surface area contributed by atoms with Crippen molar-refractivity contribution in [2.45, 2.75) is 19.2 Å². The van der Waals surface area contributed by atoms with Crippen molar-refractivity contribution < 1.29 is 19.1 Å². The molecular formula is C21H23N3O4S. The molecule has 7 nitrogen and oxygen atoms in total. The topological polar surface area (TPSA) is 82.5 Å². The molecule has 0 aliphatic carbocycles.